The highest BCUT2D eigenvalue weighted by Crippen LogP contribution is 2.41. The zero-order chi connectivity index (χ0) is 12.4. The number of carbonyl (C=O) groups excluding carboxylic acids is 2. The van der Waals surface area contributed by atoms with Crippen LogP contribution in [-0.2, 0) is 14.3 Å². The first-order valence-electron chi connectivity index (χ1n) is 5.25. The largest absolute Gasteiger partial charge is 0.335 e. The highest BCUT2D eigenvalue weighted by Gasteiger charge is 2.60. The van der Waals surface area contributed by atoms with Crippen LogP contribution in [0.5, 0.6) is 0 Å². The SMILES string of the molecule is CCC1(CC)C(=O)NC(=O)NC1(OC)OC. The molecule has 1 saturated heterocycles. The molecule has 0 aromatic heterocycles. The lowest BCUT2D eigenvalue weighted by Crippen LogP contribution is -2.73. The number of hydrogen-bond acceptors (Lipinski definition) is 4. The topological polar surface area (TPSA) is 76.7 Å². The number of rotatable bonds is 4. The fraction of sp³-hybridized carbons (Fsp3) is 0.800. The van der Waals surface area contributed by atoms with E-state index in [9.17, 15) is 9.59 Å². The molecule has 1 rings (SSSR count). The Balaban J connectivity index is 3.26. The summed E-state index contributed by atoms with van der Waals surface area (Å²) >= 11 is 0. The summed E-state index contributed by atoms with van der Waals surface area (Å²) in [4.78, 5) is 23.3. The summed E-state index contributed by atoms with van der Waals surface area (Å²) in [7, 11) is 2.81. The van der Waals surface area contributed by atoms with Crippen LogP contribution in [0.15, 0.2) is 0 Å². The van der Waals surface area contributed by atoms with Gasteiger partial charge in [0.25, 0.3) is 5.91 Å². The van der Waals surface area contributed by atoms with E-state index in [0.717, 1.165) is 0 Å². The lowest BCUT2D eigenvalue weighted by atomic mass is 9.76. The van der Waals surface area contributed by atoms with Crippen molar-refractivity contribution in [2.24, 2.45) is 5.41 Å². The summed E-state index contributed by atoms with van der Waals surface area (Å²) in [6, 6.07) is -0.605. The van der Waals surface area contributed by atoms with Crippen LogP contribution in [0, 0.1) is 5.41 Å². The van der Waals surface area contributed by atoms with Crippen molar-refractivity contribution >= 4 is 11.9 Å². The number of amides is 3. The number of ether oxygens (including phenoxy) is 2. The van der Waals surface area contributed by atoms with Gasteiger partial charge in [0.15, 0.2) is 0 Å². The van der Waals surface area contributed by atoms with Gasteiger partial charge in [0.1, 0.15) is 5.41 Å². The van der Waals surface area contributed by atoms with Crippen molar-refractivity contribution in [1.29, 1.82) is 0 Å². The summed E-state index contributed by atoms with van der Waals surface area (Å²) in [5, 5.41) is 4.78. The van der Waals surface area contributed by atoms with Crippen molar-refractivity contribution in [3.63, 3.8) is 0 Å². The van der Waals surface area contributed by atoms with Gasteiger partial charge >= 0.3 is 6.03 Å². The standard InChI is InChI=1S/C10H18N2O4/c1-5-9(6-2)7(13)11-8(14)12-10(9,15-3)16-4/h5-6H2,1-4H3,(H2,11,12,13,14). The third kappa shape index (κ3) is 1.49. The maximum absolute atomic E-state index is 12.0. The first kappa shape index (κ1) is 12.9. The molecule has 0 aromatic rings. The maximum Gasteiger partial charge on any atom is 0.325 e. The zero-order valence-corrected chi connectivity index (χ0v) is 10.0. The second-order valence-corrected chi connectivity index (χ2v) is 3.72. The van der Waals surface area contributed by atoms with E-state index in [1.165, 1.54) is 14.2 Å². The van der Waals surface area contributed by atoms with Gasteiger partial charge in [-0.05, 0) is 12.8 Å². The van der Waals surface area contributed by atoms with Gasteiger partial charge in [0, 0.05) is 14.2 Å². The van der Waals surface area contributed by atoms with E-state index in [1.54, 1.807) is 0 Å². The Bertz CT molecular complexity index is 295. The number of hydrogen-bond donors (Lipinski definition) is 2. The number of carbonyl (C=O) groups is 2. The molecule has 0 saturated carbocycles. The Morgan fingerprint density at radius 1 is 1.12 bits per heavy atom. The van der Waals surface area contributed by atoms with E-state index >= 15 is 0 Å². The summed E-state index contributed by atoms with van der Waals surface area (Å²) in [5.74, 6) is -1.76. The van der Waals surface area contributed by atoms with E-state index in [-0.39, 0.29) is 5.91 Å². The molecular weight excluding hydrogens is 212 g/mol. The lowest BCUT2D eigenvalue weighted by molar-refractivity contribution is -0.286. The average Bonchev–Trinajstić information content (AvgIpc) is 2.28. The Kier molecular flexibility index (Phi) is 3.54. The minimum absolute atomic E-state index is 0.370. The highest BCUT2D eigenvalue weighted by molar-refractivity contribution is 6.00. The minimum atomic E-state index is -1.39. The van der Waals surface area contributed by atoms with Gasteiger partial charge in [-0.3, -0.25) is 15.4 Å². The fourth-order valence-electron chi connectivity index (χ4n) is 2.29. The van der Waals surface area contributed by atoms with Gasteiger partial charge in [0.2, 0.25) is 5.91 Å². The van der Waals surface area contributed by atoms with Crippen LogP contribution < -0.4 is 10.6 Å². The van der Waals surface area contributed by atoms with Gasteiger partial charge < -0.3 is 9.47 Å². The van der Waals surface area contributed by atoms with E-state index in [2.05, 4.69) is 10.6 Å². The molecule has 0 bridgehead atoms. The molecule has 3 amide bonds. The van der Waals surface area contributed by atoms with Crippen molar-refractivity contribution in [2.45, 2.75) is 32.6 Å². The van der Waals surface area contributed by atoms with Crippen LogP contribution in [0.25, 0.3) is 0 Å². The molecular formula is C10H18N2O4. The molecule has 6 nitrogen and oxygen atoms in total. The normalized spacial score (nSPS) is 22.5. The number of nitrogens with one attached hydrogen (secondary N) is 2. The number of imide groups is 1. The lowest BCUT2D eigenvalue weighted by Gasteiger charge is -2.48. The zero-order valence-electron chi connectivity index (χ0n) is 10.0. The summed E-state index contributed by atoms with van der Waals surface area (Å²) < 4.78 is 10.5. The Morgan fingerprint density at radius 3 is 2.00 bits per heavy atom. The molecule has 16 heavy (non-hydrogen) atoms. The van der Waals surface area contributed by atoms with Gasteiger partial charge in [-0.25, -0.2) is 4.79 Å². The molecule has 2 N–H and O–H groups in total. The molecule has 0 atom stereocenters. The smallest absolute Gasteiger partial charge is 0.325 e. The third-order valence-corrected chi connectivity index (χ3v) is 3.35. The average molecular weight is 230 g/mol. The predicted molar refractivity (Wildman–Crippen MR) is 56.4 cm³/mol. The van der Waals surface area contributed by atoms with Crippen LogP contribution >= 0.6 is 0 Å². The maximum atomic E-state index is 12.0. The minimum Gasteiger partial charge on any atom is -0.335 e. The monoisotopic (exact) mass is 230 g/mol. The summed E-state index contributed by atoms with van der Waals surface area (Å²) in [5.41, 5.74) is -0.912. The Hall–Kier alpha value is -1.14. The first-order valence-corrected chi connectivity index (χ1v) is 5.25. The molecule has 0 unspecified atom stereocenters. The van der Waals surface area contributed by atoms with Crippen molar-refractivity contribution < 1.29 is 19.1 Å². The van der Waals surface area contributed by atoms with Gasteiger partial charge in [-0.15, -0.1) is 0 Å². The Morgan fingerprint density at radius 2 is 1.62 bits per heavy atom. The van der Waals surface area contributed by atoms with Crippen LogP contribution in [-0.4, -0.2) is 32.1 Å². The molecule has 6 heteroatoms. The van der Waals surface area contributed by atoms with E-state index in [1.807, 2.05) is 13.8 Å². The van der Waals surface area contributed by atoms with Gasteiger partial charge in [-0.2, -0.15) is 0 Å². The van der Waals surface area contributed by atoms with E-state index in [4.69, 9.17) is 9.47 Å². The first-order chi connectivity index (χ1) is 7.51. The van der Waals surface area contributed by atoms with E-state index in [0.29, 0.717) is 12.8 Å². The van der Waals surface area contributed by atoms with E-state index < -0.39 is 17.4 Å². The molecule has 1 heterocycles. The second-order valence-electron chi connectivity index (χ2n) is 3.72. The van der Waals surface area contributed by atoms with Gasteiger partial charge in [0.05, 0.1) is 0 Å². The highest BCUT2D eigenvalue weighted by atomic mass is 16.7. The third-order valence-electron chi connectivity index (χ3n) is 3.35. The molecule has 92 valence electrons. The molecule has 0 radical (unpaired) electrons. The van der Waals surface area contributed by atoms with Crippen molar-refractivity contribution in [3.05, 3.63) is 0 Å². The molecule has 1 fully saturated rings. The predicted octanol–water partition coefficient (Wildman–Crippen LogP) is 0.579. The molecule has 0 spiro atoms. The number of methoxy groups -OCH3 is 2. The van der Waals surface area contributed by atoms with Crippen molar-refractivity contribution in [2.75, 3.05) is 14.2 Å². The number of urea groups is 1. The quantitative estimate of drug-likeness (QED) is 0.692. The fourth-order valence-corrected chi connectivity index (χ4v) is 2.29. The molecule has 0 aliphatic carbocycles. The van der Waals surface area contributed by atoms with Crippen LogP contribution in [0.4, 0.5) is 4.79 Å². The van der Waals surface area contributed by atoms with Gasteiger partial charge in [-0.1, -0.05) is 13.8 Å². The molecule has 1 aliphatic heterocycles. The summed E-state index contributed by atoms with van der Waals surface area (Å²) in [6.45, 7) is 3.71. The van der Waals surface area contributed by atoms with Crippen molar-refractivity contribution in [1.82, 2.24) is 10.6 Å². The summed E-state index contributed by atoms with van der Waals surface area (Å²) in [6.07, 6.45) is 0.995. The Labute approximate surface area is 94.7 Å². The second kappa shape index (κ2) is 4.39. The molecule has 0 aromatic carbocycles. The van der Waals surface area contributed by atoms with Crippen LogP contribution in [0.1, 0.15) is 26.7 Å². The van der Waals surface area contributed by atoms with Crippen LogP contribution in [0.2, 0.25) is 0 Å². The molecule has 1 aliphatic rings. The van der Waals surface area contributed by atoms with Crippen LogP contribution in [0.3, 0.4) is 0 Å². The van der Waals surface area contributed by atoms with Crippen molar-refractivity contribution in [3.8, 4) is 0 Å².